The topological polar surface area (TPSA) is 110 Å². The van der Waals surface area contributed by atoms with Crippen molar-refractivity contribution >= 4 is 28.9 Å². The van der Waals surface area contributed by atoms with Gasteiger partial charge < -0.3 is 22.1 Å². The molecule has 6 N–H and O–H groups in total. The van der Waals surface area contributed by atoms with E-state index in [1.807, 2.05) is 0 Å². The fourth-order valence-corrected chi connectivity index (χ4v) is 1.71. The minimum absolute atomic E-state index is 0.0498. The number of anilines is 3. The first-order valence-corrected chi connectivity index (χ1v) is 6.29. The van der Waals surface area contributed by atoms with Crippen LogP contribution in [0.3, 0.4) is 0 Å². The number of nitrogen functional groups attached to an aromatic ring is 1. The molecule has 6 nitrogen and oxygen atoms in total. The molecule has 0 aliphatic heterocycles. The SMILES string of the molecule is NC(=O)CCNc1ccc(NC(=O)C2CC2)cc1N. The van der Waals surface area contributed by atoms with Gasteiger partial charge in [0.1, 0.15) is 0 Å². The third-order valence-electron chi connectivity index (χ3n) is 2.95. The van der Waals surface area contributed by atoms with Gasteiger partial charge in [0.05, 0.1) is 11.4 Å². The van der Waals surface area contributed by atoms with Crippen LogP contribution in [-0.2, 0) is 9.59 Å². The predicted octanol–water partition coefficient (Wildman–Crippen LogP) is 0.905. The van der Waals surface area contributed by atoms with Crippen molar-refractivity contribution in [3.8, 4) is 0 Å². The predicted molar refractivity (Wildman–Crippen MR) is 74.5 cm³/mol. The molecule has 0 aromatic heterocycles. The van der Waals surface area contributed by atoms with Gasteiger partial charge in [-0.25, -0.2) is 0 Å². The molecule has 0 spiro atoms. The maximum Gasteiger partial charge on any atom is 0.227 e. The Bertz CT molecular complexity index is 497. The number of carbonyl (C=O) groups excluding carboxylic acids is 2. The molecule has 0 saturated heterocycles. The van der Waals surface area contributed by atoms with E-state index in [4.69, 9.17) is 11.5 Å². The number of hydrogen-bond acceptors (Lipinski definition) is 4. The van der Waals surface area contributed by atoms with Crippen LogP contribution in [0, 0.1) is 5.92 Å². The third kappa shape index (κ3) is 3.87. The van der Waals surface area contributed by atoms with E-state index in [-0.39, 0.29) is 24.2 Å². The molecule has 0 unspecified atom stereocenters. The summed E-state index contributed by atoms with van der Waals surface area (Å²) >= 11 is 0. The maximum atomic E-state index is 11.6. The van der Waals surface area contributed by atoms with Gasteiger partial charge in [-0.2, -0.15) is 0 Å². The number of carbonyl (C=O) groups is 2. The second kappa shape index (κ2) is 5.60. The highest BCUT2D eigenvalue weighted by Gasteiger charge is 2.29. The van der Waals surface area contributed by atoms with E-state index in [2.05, 4.69) is 10.6 Å². The Balaban J connectivity index is 1.92. The van der Waals surface area contributed by atoms with Gasteiger partial charge in [-0.05, 0) is 31.0 Å². The number of primary amides is 1. The van der Waals surface area contributed by atoms with Crippen molar-refractivity contribution < 1.29 is 9.59 Å². The van der Waals surface area contributed by atoms with Gasteiger partial charge in [-0.3, -0.25) is 9.59 Å². The number of nitrogens with one attached hydrogen (secondary N) is 2. The van der Waals surface area contributed by atoms with Crippen molar-refractivity contribution in [3.05, 3.63) is 18.2 Å². The van der Waals surface area contributed by atoms with Gasteiger partial charge in [0.2, 0.25) is 11.8 Å². The van der Waals surface area contributed by atoms with E-state index >= 15 is 0 Å². The first-order chi connectivity index (χ1) is 9.06. The summed E-state index contributed by atoms with van der Waals surface area (Å²) in [5.74, 6) is -0.150. The molecule has 1 aromatic carbocycles. The van der Waals surface area contributed by atoms with E-state index in [0.29, 0.717) is 17.9 Å². The summed E-state index contributed by atoms with van der Waals surface area (Å²) in [5, 5.41) is 5.85. The number of rotatable bonds is 6. The van der Waals surface area contributed by atoms with E-state index in [0.717, 1.165) is 18.5 Å². The lowest BCUT2D eigenvalue weighted by Gasteiger charge is -2.11. The van der Waals surface area contributed by atoms with Crippen molar-refractivity contribution in [2.75, 3.05) is 22.9 Å². The molecule has 1 saturated carbocycles. The molecular formula is C13H18N4O2. The largest absolute Gasteiger partial charge is 0.397 e. The molecule has 2 rings (SSSR count). The Kier molecular flexibility index (Phi) is 3.89. The van der Waals surface area contributed by atoms with Crippen molar-refractivity contribution in [1.29, 1.82) is 0 Å². The summed E-state index contributed by atoms with van der Waals surface area (Å²) < 4.78 is 0. The summed E-state index contributed by atoms with van der Waals surface area (Å²) in [5.41, 5.74) is 12.9. The van der Waals surface area contributed by atoms with Gasteiger partial charge in [-0.1, -0.05) is 0 Å². The van der Waals surface area contributed by atoms with Gasteiger partial charge in [0, 0.05) is 24.6 Å². The lowest BCUT2D eigenvalue weighted by Crippen LogP contribution is -2.16. The van der Waals surface area contributed by atoms with Crippen LogP contribution >= 0.6 is 0 Å². The highest BCUT2D eigenvalue weighted by molar-refractivity contribution is 5.95. The quantitative estimate of drug-likeness (QED) is 0.571. The standard InChI is InChI=1S/C13H18N4O2/c14-10-7-9(17-13(19)8-1-2-8)3-4-11(10)16-6-5-12(15)18/h3-4,7-8,16H,1-2,5-6,14H2,(H2,15,18)(H,17,19). The zero-order valence-corrected chi connectivity index (χ0v) is 10.6. The molecule has 2 amide bonds. The van der Waals surface area contributed by atoms with Gasteiger partial charge in [0.25, 0.3) is 0 Å². The molecule has 0 bridgehead atoms. The number of amides is 2. The summed E-state index contributed by atoms with van der Waals surface area (Å²) in [4.78, 5) is 22.2. The second-order valence-corrected chi connectivity index (χ2v) is 4.71. The summed E-state index contributed by atoms with van der Waals surface area (Å²) in [6.07, 6.45) is 2.18. The number of benzene rings is 1. The number of hydrogen-bond donors (Lipinski definition) is 4. The number of nitrogens with two attached hydrogens (primary N) is 2. The molecule has 1 aliphatic rings. The Hall–Kier alpha value is -2.24. The normalized spacial score (nSPS) is 13.9. The van der Waals surface area contributed by atoms with Crippen LogP contribution in [0.4, 0.5) is 17.1 Å². The Labute approximate surface area is 111 Å². The van der Waals surface area contributed by atoms with Crippen LogP contribution in [0.15, 0.2) is 18.2 Å². The van der Waals surface area contributed by atoms with Crippen LogP contribution in [0.2, 0.25) is 0 Å². The highest BCUT2D eigenvalue weighted by Crippen LogP contribution is 2.31. The van der Waals surface area contributed by atoms with Crippen LogP contribution < -0.4 is 22.1 Å². The molecule has 0 atom stereocenters. The average molecular weight is 262 g/mol. The lowest BCUT2D eigenvalue weighted by molar-refractivity contribution is -0.118. The fraction of sp³-hybridized carbons (Fsp3) is 0.385. The minimum Gasteiger partial charge on any atom is -0.397 e. The Morgan fingerprint density at radius 2 is 2.05 bits per heavy atom. The monoisotopic (exact) mass is 262 g/mol. The molecular weight excluding hydrogens is 244 g/mol. The van der Waals surface area contributed by atoms with E-state index < -0.39 is 0 Å². The molecule has 1 aliphatic carbocycles. The molecule has 6 heteroatoms. The maximum absolute atomic E-state index is 11.6. The highest BCUT2D eigenvalue weighted by atomic mass is 16.2. The smallest absolute Gasteiger partial charge is 0.227 e. The average Bonchev–Trinajstić information content (AvgIpc) is 3.15. The Morgan fingerprint density at radius 3 is 2.63 bits per heavy atom. The van der Waals surface area contributed by atoms with Crippen LogP contribution in [0.25, 0.3) is 0 Å². The molecule has 1 aromatic rings. The molecule has 0 heterocycles. The van der Waals surface area contributed by atoms with E-state index in [9.17, 15) is 9.59 Å². The third-order valence-corrected chi connectivity index (χ3v) is 2.95. The zero-order valence-electron chi connectivity index (χ0n) is 10.6. The molecule has 0 radical (unpaired) electrons. The van der Waals surface area contributed by atoms with Crippen molar-refractivity contribution in [2.24, 2.45) is 11.7 Å². The van der Waals surface area contributed by atoms with Crippen molar-refractivity contribution in [1.82, 2.24) is 0 Å². The molecule has 19 heavy (non-hydrogen) atoms. The minimum atomic E-state index is -0.362. The zero-order chi connectivity index (χ0) is 13.8. The Morgan fingerprint density at radius 1 is 1.32 bits per heavy atom. The van der Waals surface area contributed by atoms with Gasteiger partial charge >= 0.3 is 0 Å². The van der Waals surface area contributed by atoms with Crippen molar-refractivity contribution in [2.45, 2.75) is 19.3 Å². The van der Waals surface area contributed by atoms with Crippen LogP contribution in [0.1, 0.15) is 19.3 Å². The summed E-state index contributed by atoms with van der Waals surface area (Å²) in [6.45, 7) is 0.438. The van der Waals surface area contributed by atoms with E-state index in [1.54, 1.807) is 18.2 Å². The summed E-state index contributed by atoms with van der Waals surface area (Å²) in [7, 11) is 0. The lowest BCUT2D eigenvalue weighted by atomic mass is 10.2. The van der Waals surface area contributed by atoms with Gasteiger partial charge in [0.15, 0.2) is 0 Å². The fourth-order valence-electron chi connectivity index (χ4n) is 1.71. The first kappa shape index (κ1) is 13.2. The second-order valence-electron chi connectivity index (χ2n) is 4.71. The van der Waals surface area contributed by atoms with Crippen LogP contribution in [-0.4, -0.2) is 18.4 Å². The molecule has 102 valence electrons. The van der Waals surface area contributed by atoms with E-state index in [1.165, 1.54) is 0 Å². The molecule has 1 fully saturated rings. The van der Waals surface area contributed by atoms with Crippen molar-refractivity contribution in [3.63, 3.8) is 0 Å². The summed E-state index contributed by atoms with van der Waals surface area (Å²) in [6, 6.07) is 5.26. The van der Waals surface area contributed by atoms with Gasteiger partial charge in [-0.15, -0.1) is 0 Å². The first-order valence-electron chi connectivity index (χ1n) is 6.29. The van der Waals surface area contributed by atoms with Crippen LogP contribution in [0.5, 0.6) is 0 Å².